The Morgan fingerprint density at radius 1 is 0.879 bits per heavy atom. The molecule has 1 N–H and O–H groups in total. The number of allylic oxidation sites excluding steroid dienone is 2. The number of aliphatic hydroxyl groups excluding tert-OH is 1. The molecule has 1 radical (unpaired) electrons. The summed E-state index contributed by atoms with van der Waals surface area (Å²) in [4.78, 5) is 17.0. The Morgan fingerprint density at radius 2 is 1.45 bits per heavy atom. The number of hydrogen-bond acceptors (Lipinski definition) is 4. The molecule has 3 aromatic carbocycles. The van der Waals surface area contributed by atoms with Gasteiger partial charge in [0.25, 0.3) is 0 Å². The standard InChI is InChI=1S/C34H35F3NSSi.C15H28O2.Ir/c1-21(2)29-19-25(18-24-10-8-9-11-28(24)29)30-31-27(16-17-38-30)22(3)32(39-31)40(6,7)26-14-12-23(13-15-26)20-33(4,5)34(35,36)37;1-7-14(5,8-2)12(16)11-13(17)15(6,9-3)10-4;/h8-17,19,21H,20H2,1-7H3;11,16H,7-10H2,1-6H3;/q-1;;/b;12-11-;. The Morgan fingerprint density at radius 3 is 1.98 bits per heavy atom. The number of hydrogen-bond donors (Lipinski definition) is 1. The third-order valence-electron chi connectivity index (χ3n) is 12.8. The quantitative estimate of drug-likeness (QED) is 0.0553. The van der Waals surface area contributed by atoms with E-state index in [4.69, 9.17) is 4.98 Å². The number of aromatic nitrogens is 1. The molecular formula is C49H63F3IrNO2SSi-. The number of aryl methyl sites for hydroxylation is 1. The summed E-state index contributed by atoms with van der Waals surface area (Å²) in [6.45, 7) is 25.9. The van der Waals surface area contributed by atoms with E-state index < -0.39 is 19.7 Å². The largest absolute Gasteiger partial charge is 0.512 e. The first-order valence-electron chi connectivity index (χ1n) is 20.5. The second kappa shape index (κ2) is 19.1. The minimum Gasteiger partial charge on any atom is -0.512 e. The maximum atomic E-state index is 13.4. The van der Waals surface area contributed by atoms with Crippen molar-refractivity contribution >= 4 is 55.7 Å². The molecule has 0 unspecified atom stereocenters. The zero-order valence-electron chi connectivity index (χ0n) is 36.7. The van der Waals surface area contributed by atoms with Crippen LogP contribution >= 0.6 is 11.3 Å². The number of aliphatic hydroxyl groups is 1. The zero-order chi connectivity index (χ0) is 42.7. The van der Waals surface area contributed by atoms with Crippen LogP contribution in [0.3, 0.4) is 0 Å². The SMILES string of the molecule is CCC(C)(CC)C(=O)/C=C(\O)C(C)(CC)CC.Cc1c([Si](C)(C)c2ccc(CC(C)(C)C(F)(F)F)cc2)sc2c(-c3[c-]c4ccccc4c(C(C)C)c3)nccc12.[Ir]. The van der Waals surface area contributed by atoms with E-state index in [2.05, 4.69) is 76.3 Å². The van der Waals surface area contributed by atoms with Crippen LogP contribution in [0.5, 0.6) is 0 Å². The third-order valence-corrected chi connectivity index (χ3v) is 19.0. The van der Waals surface area contributed by atoms with E-state index >= 15 is 0 Å². The Balaban J connectivity index is 0.000000425. The van der Waals surface area contributed by atoms with Crippen molar-refractivity contribution < 1.29 is 43.2 Å². The van der Waals surface area contributed by atoms with Gasteiger partial charge in [0.15, 0.2) is 5.78 Å². The van der Waals surface area contributed by atoms with Gasteiger partial charge in [-0.1, -0.05) is 141 Å². The molecule has 0 amide bonds. The van der Waals surface area contributed by atoms with Crippen molar-refractivity contribution in [3.8, 4) is 11.3 Å². The molecule has 0 aliphatic carbocycles. The van der Waals surface area contributed by atoms with E-state index in [1.165, 1.54) is 56.2 Å². The molecule has 2 heterocycles. The Labute approximate surface area is 364 Å². The first-order valence-corrected chi connectivity index (χ1v) is 24.3. The van der Waals surface area contributed by atoms with Gasteiger partial charge in [0.2, 0.25) is 0 Å². The average molecular weight is 1010 g/mol. The summed E-state index contributed by atoms with van der Waals surface area (Å²) in [5.41, 5.74) is 2.88. The molecule has 0 saturated heterocycles. The van der Waals surface area contributed by atoms with Gasteiger partial charge >= 0.3 is 6.18 Å². The van der Waals surface area contributed by atoms with Gasteiger partial charge in [0.05, 0.1) is 5.41 Å². The third kappa shape index (κ3) is 10.2. The summed E-state index contributed by atoms with van der Waals surface area (Å²) in [6.07, 6.45) is 2.38. The molecule has 0 atom stereocenters. The van der Waals surface area contributed by atoms with Crippen LogP contribution in [-0.4, -0.2) is 30.1 Å². The van der Waals surface area contributed by atoms with Crippen LogP contribution in [0, 0.1) is 29.2 Å². The normalized spacial score (nSPS) is 13.1. The van der Waals surface area contributed by atoms with Crippen LogP contribution in [0.4, 0.5) is 13.2 Å². The number of carbonyl (C=O) groups excluding carboxylic acids is 1. The molecule has 0 fully saturated rings. The van der Waals surface area contributed by atoms with Gasteiger partial charge in [-0.05, 0) is 72.0 Å². The van der Waals surface area contributed by atoms with Gasteiger partial charge in [0.1, 0.15) is 13.8 Å². The summed E-state index contributed by atoms with van der Waals surface area (Å²) < 4.78 is 42.9. The number of nitrogens with zero attached hydrogens (tertiary/aromatic N) is 1. The minimum atomic E-state index is -4.24. The summed E-state index contributed by atoms with van der Waals surface area (Å²) in [5.74, 6) is 0.655. The molecular weight excluding hydrogens is 944 g/mol. The summed E-state index contributed by atoms with van der Waals surface area (Å²) in [7, 11) is -2.14. The fourth-order valence-corrected chi connectivity index (χ4v) is 12.3. The maximum Gasteiger partial charge on any atom is 0.394 e. The van der Waals surface area contributed by atoms with Crippen molar-refractivity contribution in [2.45, 2.75) is 133 Å². The Bertz CT molecular complexity index is 2210. The summed E-state index contributed by atoms with van der Waals surface area (Å²) in [5, 5.41) is 14.9. The number of rotatable bonds is 13. The fourth-order valence-electron chi connectivity index (χ4n) is 7.26. The molecule has 2 aromatic heterocycles. The van der Waals surface area contributed by atoms with Gasteiger partial charge in [0, 0.05) is 53.6 Å². The van der Waals surface area contributed by atoms with Crippen LogP contribution in [0.15, 0.2) is 78.7 Å². The van der Waals surface area contributed by atoms with E-state index in [9.17, 15) is 23.1 Å². The first-order chi connectivity index (χ1) is 26.5. The van der Waals surface area contributed by atoms with E-state index in [0.29, 0.717) is 11.5 Å². The van der Waals surface area contributed by atoms with Crippen LogP contribution in [0.25, 0.3) is 32.1 Å². The molecule has 9 heteroatoms. The molecule has 0 saturated carbocycles. The number of halogens is 3. The fraction of sp³-hybridized carbons (Fsp3) is 0.469. The predicted octanol–water partition coefficient (Wildman–Crippen LogP) is 13.9. The number of thiophene rings is 1. The number of fused-ring (bicyclic) bond motifs is 2. The smallest absolute Gasteiger partial charge is 0.394 e. The van der Waals surface area contributed by atoms with Crippen LogP contribution < -0.4 is 9.69 Å². The van der Waals surface area contributed by atoms with E-state index in [1.54, 1.807) is 0 Å². The Hall–Kier alpha value is -3.10. The molecule has 0 spiro atoms. The molecule has 317 valence electrons. The number of alkyl halides is 3. The summed E-state index contributed by atoms with van der Waals surface area (Å²) >= 11 is 1.81. The minimum absolute atomic E-state index is 0. The molecule has 0 bridgehead atoms. The van der Waals surface area contributed by atoms with Gasteiger partial charge in [-0.15, -0.1) is 29.1 Å². The second-order valence-electron chi connectivity index (χ2n) is 17.7. The zero-order valence-corrected chi connectivity index (χ0v) is 40.9. The van der Waals surface area contributed by atoms with E-state index in [-0.39, 0.29) is 48.9 Å². The second-order valence-corrected chi connectivity index (χ2v) is 23.5. The number of pyridine rings is 1. The van der Waals surface area contributed by atoms with Gasteiger partial charge in [-0.3, -0.25) is 9.78 Å². The molecule has 3 nitrogen and oxygen atoms in total. The molecule has 58 heavy (non-hydrogen) atoms. The van der Waals surface area contributed by atoms with Gasteiger partial charge < -0.3 is 5.11 Å². The van der Waals surface area contributed by atoms with Crippen molar-refractivity contribution in [3.05, 3.63) is 101 Å². The topological polar surface area (TPSA) is 50.2 Å². The molecule has 5 aromatic rings. The van der Waals surface area contributed by atoms with Gasteiger partial charge in [-0.2, -0.15) is 24.5 Å². The van der Waals surface area contributed by atoms with Crippen molar-refractivity contribution in [1.29, 1.82) is 0 Å². The number of ketones is 1. The summed E-state index contributed by atoms with van der Waals surface area (Å²) in [6, 6.07) is 24.2. The molecule has 0 aliphatic heterocycles. The molecule has 5 rings (SSSR count). The van der Waals surface area contributed by atoms with Crippen LogP contribution in [0.2, 0.25) is 13.1 Å². The Kier molecular flexibility index (Phi) is 16.2. The molecule has 0 aliphatic rings. The van der Waals surface area contributed by atoms with Crippen molar-refractivity contribution in [3.63, 3.8) is 0 Å². The van der Waals surface area contributed by atoms with Crippen molar-refractivity contribution in [2.75, 3.05) is 0 Å². The average Bonchev–Trinajstić information content (AvgIpc) is 3.53. The number of carbonyl (C=O) groups is 1. The van der Waals surface area contributed by atoms with Crippen molar-refractivity contribution in [1.82, 2.24) is 4.98 Å². The number of benzene rings is 3. The van der Waals surface area contributed by atoms with Gasteiger partial charge in [-0.25, -0.2) is 0 Å². The van der Waals surface area contributed by atoms with E-state index in [0.717, 1.165) is 42.3 Å². The maximum absolute atomic E-state index is 13.4. The van der Waals surface area contributed by atoms with E-state index in [1.807, 2.05) is 83.3 Å². The van der Waals surface area contributed by atoms with Crippen molar-refractivity contribution in [2.24, 2.45) is 16.2 Å². The van der Waals surface area contributed by atoms with Crippen LogP contribution in [-0.2, 0) is 31.3 Å². The first kappa shape index (κ1) is 49.3. The van der Waals surface area contributed by atoms with Crippen LogP contribution in [0.1, 0.15) is 118 Å². The monoisotopic (exact) mass is 1010 g/mol. The predicted molar refractivity (Wildman–Crippen MR) is 240 cm³/mol.